The quantitative estimate of drug-likeness (QED) is 0.524. The van der Waals surface area contributed by atoms with Crippen LogP contribution in [0.2, 0.25) is 5.02 Å². The van der Waals surface area contributed by atoms with E-state index in [0.717, 1.165) is 42.8 Å². The third-order valence-corrected chi connectivity index (χ3v) is 7.52. The van der Waals surface area contributed by atoms with Gasteiger partial charge in [0.25, 0.3) is 5.91 Å². The van der Waals surface area contributed by atoms with Crippen molar-refractivity contribution in [1.29, 1.82) is 0 Å². The van der Waals surface area contributed by atoms with Crippen LogP contribution in [0.15, 0.2) is 48.7 Å². The Morgan fingerprint density at radius 2 is 1.71 bits per heavy atom. The number of anilines is 1. The van der Waals surface area contributed by atoms with Crippen LogP contribution in [-0.2, 0) is 16.1 Å². The highest BCUT2D eigenvalue weighted by Gasteiger charge is 2.27. The van der Waals surface area contributed by atoms with Gasteiger partial charge in [0.05, 0.1) is 30.2 Å². The van der Waals surface area contributed by atoms with Gasteiger partial charge in [-0.3, -0.25) is 9.59 Å². The van der Waals surface area contributed by atoms with Gasteiger partial charge in [-0.25, -0.2) is 0 Å². The van der Waals surface area contributed by atoms with E-state index in [4.69, 9.17) is 16.3 Å². The molecule has 1 aliphatic heterocycles. The molecule has 8 heteroatoms. The number of hydrogen-bond acceptors (Lipinski definition) is 4. The van der Waals surface area contributed by atoms with E-state index in [2.05, 4.69) is 39.0 Å². The summed E-state index contributed by atoms with van der Waals surface area (Å²) < 4.78 is 7.52. The highest BCUT2D eigenvalue weighted by molar-refractivity contribution is 6.36. The van der Waals surface area contributed by atoms with Crippen LogP contribution in [0.4, 0.5) is 5.69 Å². The van der Waals surface area contributed by atoms with Crippen molar-refractivity contribution in [3.63, 3.8) is 0 Å². The molecule has 184 valence electrons. The molecule has 1 amide bonds. The average molecular weight is 496 g/mol. The lowest BCUT2D eigenvalue weighted by atomic mass is 9.86. The Kier molecular flexibility index (Phi) is 6.97. The van der Waals surface area contributed by atoms with Crippen LogP contribution in [0.3, 0.4) is 0 Å². The predicted octanol–water partition coefficient (Wildman–Crippen LogP) is 4.55. The van der Waals surface area contributed by atoms with Gasteiger partial charge in [0.15, 0.2) is 0 Å². The number of rotatable bonds is 6. The molecule has 0 spiro atoms. The lowest BCUT2D eigenvalue weighted by molar-refractivity contribution is -0.142. The molecule has 2 N–H and O–H groups in total. The minimum atomic E-state index is -0.745. The average Bonchev–Trinajstić information content (AvgIpc) is 3.30. The first-order valence-corrected chi connectivity index (χ1v) is 12.6. The summed E-state index contributed by atoms with van der Waals surface area (Å²) >= 11 is 6.48. The standard InChI is InChI=1S/C27H30ClN3O4/c28-24-10-9-23(26(32)29-20-5-3-19(4-6-20)27(33)34)25-22(24)11-12-31(25)17-18-1-7-21(8-2-18)30-13-15-35-16-14-30/h1-2,7-12,19-20H,3-6,13-17H2,(H,29,32)(H,33,34). The van der Waals surface area contributed by atoms with Crippen molar-refractivity contribution in [2.24, 2.45) is 5.92 Å². The number of halogens is 1. The summed E-state index contributed by atoms with van der Waals surface area (Å²) in [5, 5.41) is 13.8. The lowest BCUT2D eigenvalue weighted by Crippen LogP contribution is -2.38. The number of nitrogens with zero attached hydrogens (tertiary/aromatic N) is 2. The fourth-order valence-electron chi connectivity index (χ4n) is 5.18. The van der Waals surface area contributed by atoms with Crippen LogP contribution < -0.4 is 10.2 Å². The van der Waals surface area contributed by atoms with Gasteiger partial charge >= 0.3 is 5.97 Å². The van der Waals surface area contributed by atoms with Crippen LogP contribution >= 0.6 is 11.6 Å². The summed E-state index contributed by atoms with van der Waals surface area (Å²) in [5.41, 5.74) is 3.72. The Balaban J connectivity index is 1.34. The predicted molar refractivity (Wildman–Crippen MR) is 136 cm³/mol. The minimum Gasteiger partial charge on any atom is -0.481 e. The molecular formula is C27H30ClN3O4. The molecule has 2 aliphatic rings. The number of fused-ring (bicyclic) bond motifs is 1. The molecule has 2 fully saturated rings. The third kappa shape index (κ3) is 5.16. The van der Waals surface area contributed by atoms with Gasteiger partial charge in [-0.15, -0.1) is 0 Å². The maximum atomic E-state index is 13.3. The topological polar surface area (TPSA) is 83.8 Å². The van der Waals surface area contributed by atoms with Crippen molar-refractivity contribution < 1.29 is 19.4 Å². The molecular weight excluding hydrogens is 466 g/mol. The number of amides is 1. The number of aliphatic carboxylic acids is 1. The normalized spacial score (nSPS) is 20.7. The zero-order valence-corrected chi connectivity index (χ0v) is 20.3. The molecule has 0 unspecified atom stereocenters. The van der Waals surface area contributed by atoms with Crippen molar-refractivity contribution in [2.45, 2.75) is 38.3 Å². The molecule has 35 heavy (non-hydrogen) atoms. The first-order valence-electron chi connectivity index (χ1n) is 12.2. The molecule has 0 bridgehead atoms. The second-order valence-corrected chi connectivity index (χ2v) is 9.83. The van der Waals surface area contributed by atoms with Crippen molar-refractivity contribution in [3.8, 4) is 0 Å². The summed E-state index contributed by atoms with van der Waals surface area (Å²) in [6, 6.07) is 14.0. The number of ether oxygens (including phenoxy) is 1. The van der Waals surface area contributed by atoms with Gasteiger partial charge < -0.3 is 24.6 Å². The lowest BCUT2D eigenvalue weighted by Gasteiger charge is -2.29. The van der Waals surface area contributed by atoms with E-state index in [0.29, 0.717) is 42.8 Å². The molecule has 2 heterocycles. The molecule has 1 saturated carbocycles. The molecule has 0 radical (unpaired) electrons. The van der Waals surface area contributed by atoms with Gasteiger partial charge in [0.1, 0.15) is 0 Å². The van der Waals surface area contributed by atoms with Crippen LogP contribution in [0, 0.1) is 5.92 Å². The van der Waals surface area contributed by atoms with E-state index in [9.17, 15) is 14.7 Å². The fraction of sp³-hybridized carbons (Fsp3) is 0.407. The highest BCUT2D eigenvalue weighted by Crippen LogP contribution is 2.30. The first-order chi connectivity index (χ1) is 17.0. The monoisotopic (exact) mass is 495 g/mol. The van der Waals surface area contributed by atoms with Crippen LogP contribution in [0.5, 0.6) is 0 Å². The van der Waals surface area contributed by atoms with E-state index in [1.165, 1.54) is 5.69 Å². The summed E-state index contributed by atoms with van der Waals surface area (Å²) in [7, 11) is 0. The Morgan fingerprint density at radius 1 is 1.00 bits per heavy atom. The summed E-state index contributed by atoms with van der Waals surface area (Å²) in [6.07, 6.45) is 4.51. The number of carboxylic acids is 1. The number of carbonyl (C=O) groups is 2. The number of carboxylic acid groups (broad SMARTS) is 1. The fourth-order valence-corrected chi connectivity index (χ4v) is 5.40. The minimum absolute atomic E-state index is 0.0139. The maximum absolute atomic E-state index is 13.3. The third-order valence-electron chi connectivity index (χ3n) is 7.19. The van der Waals surface area contributed by atoms with Crippen molar-refractivity contribution in [1.82, 2.24) is 9.88 Å². The van der Waals surface area contributed by atoms with Crippen LogP contribution in [-0.4, -0.2) is 53.9 Å². The number of benzene rings is 2. The SMILES string of the molecule is O=C(NC1CCC(C(=O)O)CC1)c1ccc(Cl)c2ccn(Cc3ccc(N4CCOCC4)cc3)c12. The zero-order valence-electron chi connectivity index (χ0n) is 19.6. The molecule has 2 aromatic carbocycles. The van der Waals surface area contributed by atoms with Gasteiger partial charge in [-0.1, -0.05) is 23.7 Å². The maximum Gasteiger partial charge on any atom is 0.306 e. The molecule has 1 aromatic heterocycles. The number of morpholine rings is 1. The van der Waals surface area contributed by atoms with Crippen molar-refractivity contribution >= 4 is 40.1 Å². The second kappa shape index (κ2) is 10.3. The Bertz CT molecular complexity index is 1210. The molecule has 1 aliphatic carbocycles. The largest absolute Gasteiger partial charge is 0.481 e. The van der Waals surface area contributed by atoms with Gasteiger partial charge in [-0.2, -0.15) is 0 Å². The molecule has 0 atom stereocenters. The van der Waals surface area contributed by atoms with Crippen molar-refractivity contribution in [3.05, 3.63) is 64.8 Å². The van der Waals surface area contributed by atoms with Crippen LogP contribution in [0.1, 0.15) is 41.6 Å². The summed E-state index contributed by atoms with van der Waals surface area (Å²) in [6.45, 7) is 3.93. The van der Waals surface area contributed by atoms with Crippen molar-refractivity contribution in [2.75, 3.05) is 31.2 Å². The van der Waals surface area contributed by atoms with Crippen LogP contribution in [0.25, 0.3) is 10.9 Å². The molecule has 1 saturated heterocycles. The Labute approximate surface area is 209 Å². The van der Waals surface area contributed by atoms with E-state index in [-0.39, 0.29) is 17.9 Å². The number of aromatic nitrogens is 1. The number of carbonyl (C=O) groups excluding carboxylic acids is 1. The van der Waals surface area contributed by atoms with Gasteiger partial charge in [0, 0.05) is 48.0 Å². The van der Waals surface area contributed by atoms with E-state index in [1.54, 1.807) is 12.1 Å². The first kappa shape index (κ1) is 23.7. The van der Waals surface area contributed by atoms with Gasteiger partial charge in [0.2, 0.25) is 0 Å². The second-order valence-electron chi connectivity index (χ2n) is 9.43. The van der Waals surface area contributed by atoms with E-state index >= 15 is 0 Å². The number of nitrogens with one attached hydrogen (secondary N) is 1. The molecule has 7 nitrogen and oxygen atoms in total. The Morgan fingerprint density at radius 3 is 2.40 bits per heavy atom. The zero-order chi connectivity index (χ0) is 24.4. The molecule has 3 aromatic rings. The van der Waals surface area contributed by atoms with Gasteiger partial charge in [-0.05, 0) is 61.6 Å². The number of hydrogen-bond donors (Lipinski definition) is 2. The summed E-state index contributed by atoms with van der Waals surface area (Å²) in [4.78, 5) is 26.8. The van der Waals surface area contributed by atoms with E-state index < -0.39 is 5.97 Å². The van der Waals surface area contributed by atoms with E-state index in [1.807, 2.05) is 12.3 Å². The Hall–Kier alpha value is -3.03. The smallest absolute Gasteiger partial charge is 0.306 e. The highest BCUT2D eigenvalue weighted by atomic mass is 35.5. The summed E-state index contributed by atoms with van der Waals surface area (Å²) in [5.74, 6) is -1.20. The molecule has 5 rings (SSSR count).